The van der Waals surface area contributed by atoms with Crippen LogP contribution in [0.2, 0.25) is 0 Å². The summed E-state index contributed by atoms with van der Waals surface area (Å²) in [6.45, 7) is 1.55. The van der Waals surface area contributed by atoms with E-state index in [1.54, 1.807) is 6.20 Å². The highest BCUT2D eigenvalue weighted by atomic mass is 16.4. The molecule has 0 aliphatic carbocycles. The maximum absolute atomic E-state index is 11.3. The van der Waals surface area contributed by atoms with Crippen molar-refractivity contribution in [1.82, 2.24) is 19.9 Å². The fourth-order valence-electron chi connectivity index (χ4n) is 4.38. The third-order valence-electron chi connectivity index (χ3n) is 6.12. The number of rotatable bonds is 5. The van der Waals surface area contributed by atoms with Gasteiger partial charge in [0.1, 0.15) is 11.6 Å². The van der Waals surface area contributed by atoms with E-state index in [-0.39, 0.29) is 5.92 Å². The van der Waals surface area contributed by atoms with Gasteiger partial charge in [0.25, 0.3) is 0 Å². The second-order valence-electron chi connectivity index (χ2n) is 8.21. The van der Waals surface area contributed by atoms with Crippen molar-refractivity contribution in [2.75, 3.05) is 18.4 Å². The number of benzene rings is 2. The number of pyridine rings is 1. The van der Waals surface area contributed by atoms with Gasteiger partial charge in [-0.15, -0.1) is 0 Å². The first-order chi connectivity index (χ1) is 16.2. The summed E-state index contributed by atoms with van der Waals surface area (Å²) in [6, 6.07) is 22.2. The third-order valence-corrected chi connectivity index (χ3v) is 6.12. The first kappa shape index (κ1) is 20.9. The van der Waals surface area contributed by atoms with Crippen LogP contribution in [-0.2, 0) is 6.54 Å². The Balaban J connectivity index is 1.56. The zero-order valence-corrected chi connectivity index (χ0v) is 18.2. The Kier molecular flexibility index (Phi) is 5.85. The summed E-state index contributed by atoms with van der Waals surface area (Å²) in [5, 5.41) is 13.8. The Labute approximate surface area is 192 Å². The molecule has 0 unspecified atom stereocenters. The molecule has 4 aromatic rings. The molecule has 2 N–H and O–H groups in total. The lowest BCUT2D eigenvalue weighted by atomic mass is 9.95. The number of amides is 1. The first-order valence-electron chi connectivity index (χ1n) is 11.2. The summed E-state index contributed by atoms with van der Waals surface area (Å²) in [4.78, 5) is 27.1. The van der Waals surface area contributed by atoms with Gasteiger partial charge in [-0.05, 0) is 42.2 Å². The second-order valence-corrected chi connectivity index (χ2v) is 8.21. The zero-order chi connectivity index (χ0) is 22.6. The van der Waals surface area contributed by atoms with Crippen LogP contribution in [0.15, 0.2) is 72.9 Å². The normalized spacial score (nSPS) is 14.4. The molecule has 0 bridgehead atoms. The van der Waals surface area contributed by atoms with Gasteiger partial charge in [-0.1, -0.05) is 48.5 Å². The second kappa shape index (κ2) is 9.24. The number of piperidine rings is 1. The van der Waals surface area contributed by atoms with E-state index in [4.69, 9.17) is 9.97 Å². The number of carbonyl (C=O) groups is 1. The highest BCUT2D eigenvalue weighted by molar-refractivity contribution is 6.01. The lowest BCUT2D eigenvalue weighted by Crippen LogP contribution is -2.37. The molecule has 1 aliphatic heterocycles. The van der Waals surface area contributed by atoms with Crippen LogP contribution in [0.25, 0.3) is 22.0 Å². The van der Waals surface area contributed by atoms with Crippen molar-refractivity contribution in [1.29, 1.82) is 0 Å². The predicted molar refractivity (Wildman–Crippen MR) is 128 cm³/mol. The standard InChI is InChI=1S/C26H25N5O2/c32-26(33)31-15-12-19(13-16-31)24-29-22-11-6-10-21(18-7-2-1-3-8-18)23(22)25(30-24)28-17-20-9-4-5-14-27-20/h1-11,14,19H,12-13,15-17H2,(H,32,33)(H,28,29,30). The van der Waals surface area contributed by atoms with Crippen molar-refractivity contribution in [3.8, 4) is 11.1 Å². The number of hydrogen-bond acceptors (Lipinski definition) is 5. The van der Waals surface area contributed by atoms with Crippen LogP contribution in [0.3, 0.4) is 0 Å². The number of anilines is 1. The zero-order valence-electron chi connectivity index (χ0n) is 18.2. The lowest BCUT2D eigenvalue weighted by molar-refractivity contribution is 0.131. The summed E-state index contributed by atoms with van der Waals surface area (Å²) in [6.07, 6.45) is 2.36. The van der Waals surface area contributed by atoms with Gasteiger partial charge in [0, 0.05) is 25.2 Å². The molecule has 1 aliphatic rings. The predicted octanol–water partition coefficient (Wildman–Crippen LogP) is 5.16. The first-order valence-corrected chi connectivity index (χ1v) is 11.2. The van der Waals surface area contributed by atoms with E-state index in [1.165, 1.54) is 4.90 Å². The molecule has 166 valence electrons. The minimum Gasteiger partial charge on any atom is -0.465 e. The summed E-state index contributed by atoms with van der Waals surface area (Å²) in [7, 11) is 0. The molecule has 7 nitrogen and oxygen atoms in total. The van der Waals surface area contributed by atoms with Crippen molar-refractivity contribution >= 4 is 22.8 Å². The number of carboxylic acid groups (broad SMARTS) is 1. The lowest BCUT2D eigenvalue weighted by Gasteiger charge is -2.29. The molecule has 33 heavy (non-hydrogen) atoms. The molecule has 1 fully saturated rings. The van der Waals surface area contributed by atoms with Crippen molar-refractivity contribution in [2.45, 2.75) is 25.3 Å². The van der Waals surface area contributed by atoms with E-state index in [9.17, 15) is 9.90 Å². The Hall–Kier alpha value is -4.00. The molecule has 0 atom stereocenters. The number of fused-ring (bicyclic) bond motifs is 1. The average Bonchev–Trinajstić information content (AvgIpc) is 2.88. The van der Waals surface area contributed by atoms with Gasteiger partial charge in [0.15, 0.2) is 0 Å². The quantitative estimate of drug-likeness (QED) is 0.446. The maximum atomic E-state index is 11.3. The molecule has 3 heterocycles. The van der Waals surface area contributed by atoms with Crippen LogP contribution >= 0.6 is 0 Å². The Bertz CT molecular complexity index is 1260. The molecule has 5 rings (SSSR count). The molecule has 2 aromatic heterocycles. The van der Waals surface area contributed by atoms with Crippen molar-refractivity contribution in [2.24, 2.45) is 0 Å². The molecular formula is C26H25N5O2. The van der Waals surface area contributed by atoms with Crippen LogP contribution in [0.4, 0.5) is 10.6 Å². The van der Waals surface area contributed by atoms with Gasteiger partial charge in [-0.25, -0.2) is 14.8 Å². The molecule has 7 heteroatoms. The largest absolute Gasteiger partial charge is 0.465 e. The van der Waals surface area contributed by atoms with Gasteiger partial charge in [0.2, 0.25) is 0 Å². The van der Waals surface area contributed by atoms with E-state index in [0.29, 0.717) is 19.6 Å². The van der Waals surface area contributed by atoms with Gasteiger partial charge < -0.3 is 15.3 Å². The summed E-state index contributed by atoms with van der Waals surface area (Å²) >= 11 is 0. The molecule has 2 aromatic carbocycles. The monoisotopic (exact) mass is 439 g/mol. The van der Waals surface area contributed by atoms with E-state index in [1.807, 2.05) is 48.5 Å². The van der Waals surface area contributed by atoms with Crippen LogP contribution in [0.5, 0.6) is 0 Å². The average molecular weight is 440 g/mol. The number of hydrogen-bond donors (Lipinski definition) is 2. The summed E-state index contributed by atoms with van der Waals surface area (Å²) in [5.41, 5.74) is 3.99. The number of nitrogens with zero attached hydrogens (tertiary/aromatic N) is 4. The van der Waals surface area contributed by atoms with E-state index < -0.39 is 6.09 Å². The number of likely N-dealkylation sites (tertiary alicyclic amines) is 1. The highest BCUT2D eigenvalue weighted by Crippen LogP contribution is 2.35. The Morgan fingerprint density at radius 2 is 1.76 bits per heavy atom. The number of nitrogens with one attached hydrogen (secondary N) is 1. The summed E-state index contributed by atoms with van der Waals surface area (Å²) < 4.78 is 0. The minimum atomic E-state index is -0.863. The van der Waals surface area contributed by atoms with Gasteiger partial charge in [-0.2, -0.15) is 0 Å². The Morgan fingerprint density at radius 3 is 2.48 bits per heavy atom. The minimum absolute atomic E-state index is 0.126. The highest BCUT2D eigenvalue weighted by Gasteiger charge is 2.26. The van der Waals surface area contributed by atoms with Crippen molar-refractivity contribution in [3.63, 3.8) is 0 Å². The van der Waals surface area contributed by atoms with Crippen molar-refractivity contribution < 1.29 is 9.90 Å². The van der Waals surface area contributed by atoms with Crippen LogP contribution in [0, 0.1) is 0 Å². The molecular weight excluding hydrogens is 414 g/mol. The van der Waals surface area contributed by atoms with E-state index in [2.05, 4.69) is 28.5 Å². The van der Waals surface area contributed by atoms with E-state index in [0.717, 1.165) is 52.2 Å². The third kappa shape index (κ3) is 4.48. The fraction of sp³-hybridized carbons (Fsp3) is 0.231. The van der Waals surface area contributed by atoms with Gasteiger partial charge >= 0.3 is 6.09 Å². The Morgan fingerprint density at radius 1 is 0.970 bits per heavy atom. The molecule has 0 saturated carbocycles. The molecule has 1 amide bonds. The summed E-state index contributed by atoms with van der Waals surface area (Å²) in [5.74, 6) is 1.67. The van der Waals surface area contributed by atoms with Gasteiger partial charge in [-0.3, -0.25) is 4.98 Å². The maximum Gasteiger partial charge on any atom is 0.407 e. The molecule has 0 spiro atoms. The number of aromatic nitrogens is 3. The van der Waals surface area contributed by atoms with Crippen LogP contribution in [0.1, 0.15) is 30.3 Å². The SMILES string of the molecule is O=C(O)N1CCC(c2nc(NCc3ccccn3)c3c(-c4ccccc4)cccc3n2)CC1. The van der Waals surface area contributed by atoms with Crippen molar-refractivity contribution in [3.05, 3.63) is 84.4 Å². The molecule has 1 saturated heterocycles. The molecule has 0 radical (unpaired) electrons. The van der Waals surface area contributed by atoms with Gasteiger partial charge in [0.05, 0.1) is 23.1 Å². The topological polar surface area (TPSA) is 91.2 Å². The van der Waals surface area contributed by atoms with Crippen LogP contribution < -0.4 is 5.32 Å². The smallest absolute Gasteiger partial charge is 0.407 e. The van der Waals surface area contributed by atoms with Crippen LogP contribution in [-0.4, -0.2) is 44.1 Å². The van der Waals surface area contributed by atoms with E-state index >= 15 is 0 Å². The fourth-order valence-corrected chi connectivity index (χ4v) is 4.38.